The number of carbonyl (C=O) groups is 2. The maximum atomic E-state index is 13.0. The van der Waals surface area contributed by atoms with E-state index in [4.69, 9.17) is 14.2 Å². The molecule has 5 N–H and O–H groups in total. The minimum absolute atomic E-state index is 0.0585. The maximum absolute atomic E-state index is 13.0. The highest BCUT2D eigenvalue weighted by molar-refractivity contribution is 5.85. The summed E-state index contributed by atoms with van der Waals surface area (Å²) in [6, 6.07) is 0. The van der Waals surface area contributed by atoms with Crippen molar-refractivity contribution < 1.29 is 49.3 Å². The monoisotopic (exact) mass is 550 g/mol. The van der Waals surface area contributed by atoms with Crippen molar-refractivity contribution in [1.82, 2.24) is 0 Å². The predicted molar refractivity (Wildman–Crippen MR) is 135 cm³/mol. The molecular weight excluding hydrogens is 508 g/mol. The van der Waals surface area contributed by atoms with Gasteiger partial charge in [-0.25, -0.2) is 4.79 Å². The Morgan fingerprint density at radius 1 is 1.05 bits per heavy atom. The highest BCUT2D eigenvalue weighted by Gasteiger charge is 2.71. The van der Waals surface area contributed by atoms with Crippen LogP contribution in [-0.4, -0.2) is 92.9 Å². The van der Waals surface area contributed by atoms with Crippen LogP contribution in [0.25, 0.3) is 0 Å². The Hall–Kier alpha value is -1.40. The fourth-order valence-corrected chi connectivity index (χ4v) is 9.81. The minimum atomic E-state index is -1.39. The second-order valence-electron chi connectivity index (χ2n) is 13.4. The topological polar surface area (TPSA) is 163 Å². The average Bonchev–Trinajstić information content (AvgIpc) is 3.45. The summed E-state index contributed by atoms with van der Waals surface area (Å²) in [7, 11) is 0. The molecule has 39 heavy (non-hydrogen) atoms. The van der Waals surface area contributed by atoms with Crippen molar-refractivity contribution in [3.63, 3.8) is 0 Å². The molecule has 6 rings (SSSR count). The van der Waals surface area contributed by atoms with Gasteiger partial charge in [0.05, 0.1) is 23.9 Å². The van der Waals surface area contributed by atoms with Crippen LogP contribution in [0.15, 0.2) is 11.6 Å². The Balaban J connectivity index is 1.22. The van der Waals surface area contributed by atoms with Crippen molar-refractivity contribution in [1.29, 1.82) is 0 Å². The summed E-state index contributed by atoms with van der Waals surface area (Å²) in [5.74, 6) is -1.10. The average molecular weight is 551 g/mol. The molecule has 0 amide bonds. The number of aliphatic hydroxyl groups is 5. The van der Waals surface area contributed by atoms with Gasteiger partial charge in [0.2, 0.25) is 0 Å². The van der Waals surface area contributed by atoms with Crippen molar-refractivity contribution in [2.45, 2.75) is 114 Å². The van der Waals surface area contributed by atoms with E-state index in [0.717, 1.165) is 11.9 Å². The van der Waals surface area contributed by atoms with E-state index in [1.165, 1.54) is 0 Å². The van der Waals surface area contributed by atoms with Gasteiger partial charge < -0.3 is 44.5 Å². The smallest absolute Gasteiger partial charge is 0.331 e. The number of hydrogen-bond acceptors (Lipinski definition) is 10. The third-order valence-corrected chi connectivity index (χ3v) is 11.8. The van der Waals surface area contributed by atoms with Crippen molar-refractivity contribution in [2.75, 3.05) is 6.61 Å². The number of cyclic esters (lactones) is 1. The lowest BCUT2D eigenvalue weighted by Gasteiger charge is -2.64. The van der Waals surface area contributed by atoms with Gasteiger partial charge in [0.25, 0.3) is 0 Å². The van der Waals surface area contributed by atoms with Crippen LogP contribution in [0.4, 0.5) is 0 Å². The standard InChI is InChI=1S/C29H42O10/c1-14-23(33)24(34)25(35)26(38-14)39-17-5-7-28(13-30)16(10-17)3-4-19-22(28)20(31)11-27(2)18(6-8-29(19,27)36)15-9-21(32)37-12-15/h9,13-14,16-20,22-26,31,33-36H,3-8,10-12H2,1-2H3/t14-,16-,17-,18+,19-,20-,22-,23+,24-,25-,26-,27-,28-,29+/m1/s1. The van der Waals surface area contributed by atoms with Crippen LogP contribution in [0.2, 0.25) is 0 Å². The molecule has 0 bridgehead atoms. The van der Waals surface area contributed by atoms with Gasteiger partial charge >= 0.3 is 5.97 Å². The van der Waals surface area contributed by atoms with Gasteiger partial charge in [-0.2, -0.15) is 0 Å². The van der Waals surface area contributed by atoms with Crippen LogP contribution in [0, 0.1) is 34.5 Å². The number of fused-ring (bicyclic) bond motifs is 5. The van der Waals surface area contributed by atoms with Crippen molar-refractivity contribution in [3.05, 3.63) is 11.6 Å². The highest BCUT2D eigenvalue weighted by atomic mass is 16.7. The number of aldehydes is 1. The zero-order valence-electron chi connectivity index (χ0n) is 22.6. The Kier molecular flexibility index (Phi) is 6.81. The van der Waals surface area contributed by atoms with Gasteiger partial charge in [-0.05, 0) is 81.6 Å². The van der Waals surface area contributed by atoms with Gasteiger partial charge in [-0.15, -0.1) is 0 Å². The molecule has 5 fully saturated rings. The predicted octanol–water partition coefficient (Wildman–Crippen LogP) is 0.606. The van der Waals surface area contributed by atoms with Crippen LogP contribution < -0.4 is 0 Å². The SMILES string of the molecule is C[C@H]1O[C@H](O[C@@H]2CC[C@@]3(C=O)[C@H](CC[C@@H]4[C@@H]3[C@H](O)C[C@]3(C)[C@H](C5=CC(=O)OC5)CC[C@]43O)C2)[C@H](O)[C@H](O)[C@H]1O. The van der Waals surface area contributed by atoms with Crippen LogP contribution >= 0.6 is 0 Å². The summed E-state index contributed by atoms with van der Waals surface area (Å²) >= 11 is 0. The van der Waals surface area contributed by atoms with Crippen LogP contribution in [0.1, 0.15) is 65.2 Å². The second kappa shape index (κ2) is 9.58. The lowest BCUT2D eigenvalue weighted by Crippen LogP contribution is -2.67. The summed E-state index contributed by atoms with van der Waals surface area (Å²) in [4.78, 5) is 24.7. The van der Waals surface area contributed by atoms with E-state index in [9.17, 15) is 35.1 Å². The second-order valence-corrected chi connectivity index (χ2v) is 13.4. The van der Waals surface area contributed by atoms with E-state index < -0.39 is 53.2 Å². The van der Waals surface area contributed by atoms with Gasteiger partial charge in [-0.3, -0.25) is 0 Å². The fraction of sp³-hybridized carbons (Fsp3) is 0.862. The number of hydrogen-bond donors (Lipinski definition) is 5. The van der Waals surface area contributed by atoms with E-state index in [-0.39, 0.29) is 42.4 Å². The molecule has 0 aromatic heterocycles. The van der Waals surface area contributed by atoms with Crippen LogP contribution in [-0.2, 0) is 23.8 Å². The zero-order chi connectivity index (χ0) is 27.9. The molecule has 0 aromatic rings. The van der Waals surface area contributed by atoms with E-state index in [1.807, 2.05) is 6.92 Å². The largest absolute Gasteiger partial charge is 0.458 e. The first-order valence-corrected chi connectivity index (χ1v) is 14.5. The number of rotatable bonds is 4. The van der Waals surface area contributed by atoms with Crippen molar-refractivity contribution in [3.8, 4) is 0 Å². The van der Waals surface area contributed by atoms with Crippen LogP contribution in [0.5, 0.6) is 0 Å². The molecule has 0 spiro atoms. The van der Waals surface area contributed by atoms with E-state index in [0.29, 0.717) is 51.4 Å². The molecule has 2 aliphatic heterocycles. The van der Waals surface area contributed by atoms with Gasteiger partial charge in [0, 0.05) is 22.8 Å². The van der Waals surface area contributed by atoms with E-state index in [2.05, 4.69) is 0 Å². The first-order valence-electron chi connectivity index (χ1n) is 14.5. The molecule has 2 heterocycles. The normalized spacial score (nSPS) is 55.2. The summed E-state index contributed by atoms with van der Waals surface area (Å²) in [6.07, 6.45) is 0.248. The van der Waals surface area contributed by atoms with Gasteiger partial charge in [-0.1, -0.05) is 6.92 Å². The third kappa shape index (κ3) is 3.93. The summed E-state index contributed by atoms with van der Waals surface area (Å²) < 4.78 is 16.9. The first-order chi connectivity index (χ1) is 18.4. The Labute approximate surface area is 228 Å². The molecule has 10 heteroatoms. The lowest BCUT2D eigenvalue weighted by atomic mass is 9.42. The summed E-state index contributed by atoms with van der Waals surface area (Å²) in [5.41, 5.74) is -1.59. The summed E-state index contributed by atoms with van der Waals surface area (Å²) in [5, 5.41) is 54.6. The third-order valence-electron chi connectivity index (χ3n) is 11.8. The molecular formula is C29H42O10. The molecule has 1 saturated heterocycles. The van der Waals surface area contributed by atoms with Crippen molar-refractivity contribution >= 4 is 12.3 Å². The lowest BCUT2D eigenvalue weighted by molar-refractivity contribution is -0.310. The van der Waals surface area contributed by atoms with E-state index >= 15 is 0 Å². The van der Waals surface area contributed by atoms with Gasteiger partial charge in [0.1, 0.15) is 31.2 Å². The number of carbonyl (C=O) groups excluding carboxylic acids is 2. The quantitative estimate of drug-likeness (QED) is 0.190. The molecule has 0 unspecified atom stereocenters. The highest BCUT2D eigenvalue weighted by Crippen LogP contribution is 2.69. The molecule has 0 radical (unpaired) electrons. The molecule has 10 nitrogen and oxygen atoms in total. The summed E-state index contributed by atoms with van der Waals surface area (Å²) in [6.45, 7) is 3.87. The molecule has 218 valence electrons. The molecule has 4 aliphatic carbocycles. The Bertz CT molecular complexity index is 1030. The number of aliphatic hydroxyl groups excluding tert-OH is 4. The minimum Gasteiger partial charge on any atom is -0.458 e. The molecule has 4 saturated carbocycles. The zero-order valence-corrected chi connectivity index (χ0v) is 22.6. The molecule has 6 aliphatic rings. The molecule has 14 atom stereocenters. The fourth-order valence-electron chi connectivity index (χ4n) is 9.81. The number of ether oxygens (including phenoxy) is 3. The van der Waals surface area contributed by atoms with Crippen LogP contribution in [0.3, 0.4) is 0 Å². The maximum Gasteiger partial charge on any atom is 0.331 e. The molecule has 0 aromatic carbocycles. The van der Waals surface area contributed by atoms with Gasteiger partial charge in [0.15, 0.2) is 6.29 Å². The Morgan fingerprint density at radius 2 is 1.82 bits per heavy atom. The first kappa shape index (κ1) is 27.8. The Morgan fingerprint density at radius 3 is 2.51 bits per heavy atom. The van der Waals surface area contributed by atoms with E-state index in [1.54, 1.807) is 13.0 Å². The number of esters is 1. The van der Waals surface area contributed by atoms with Crippen molar-refractivity contribution in [2.24, 2.45) is 34.5 Å².